The van der Waals surface area contributed by atoms with Gasteiger partial charge in [-0.25, -0.2) is 13.2 Å². The van der Waals surface area contributed by atoms with E-state index in [1.54, 1.807) is 30.3 Å². The van der Waals surface area contributed by atoms with Crippen molar-refractivity contribution in [2.45, 2.75) is 12.5 Å². The minimum atomic E-state index is -3.19. The van der Waals surface area contributed by atoms with Crippen LogP contribution < -0.4 is 4.90 Å². The lowest BCUT2D eigenvalue weighted by Crippen LogP contribution is -2.43. The Morgan fingerprint density at radius 2 is 1.85 bits per heavy atom. The summed E-state index contributed by atoms with van der Waals surface area (Å²) in [4.78, 5) is 26.2. The van der Waals surface area contributed by atoms with Gasteiger partial charge in [-0.2, -0.15) is 0 Å². The minimum Gasteiger partial charge on any atom is -0.508 e. The number of hydrogen-bond donors (Lipinski definition) is 1. The van der Waals surface area contributed by atoms with E-state index in [-0.39, 0.29) is 22.8 Å². The number of hydrogen-bond acceptors (Lipinski definition) is 6. The van der Waals surface area contributed by atoms with Gasteiger partial charge in [-0.1, -0.05) is 24.3 Å². The van der Waals surface area contributed by atoms with E-state index in [0.29, 0.717) is 12.1 Å². The molecule has 0 bridgehead atoms. The smallest absolute Gasteiger partial charge is 0.338 e. The Morgan fingerprint density at radius 3 is 2.48 bits per heavy atom. The second-order valence-corrected chi connectivity index (χ2v) is 8.51. The number of phenols is 1. The zero-order valence-corrected chi connectivity index (χ0v) is 15.3. The fourth-order valence-corrected chi connectivity index (χ4v) is 4.74. The lowest BCUT2D eigenvalue weighted by Gasteiger charge is -2.28. The van der Waals surface area contributed by atoms with E-state index in [4.69, 9.17) is 4.74 Å². The van der Waals surface area contributed by atoms with Crippen LogP contribution in [-0.4, -0.2) is 49.6 Å². The molecular formula is C19H19NO6S. The summed E-state index contributed by atoms with van der Waals surface area (Å²) in [5.74, 6) is -1.42. The van der Waals surface area contributed by atoms with Crippen LogP contribution in [0.2, 0.25) is 0 Å². The van der Waals surface area contributed by atoms with E-state index in [2.05, 4.69) is 0 Å². The monoisotopic (exact) mass is 389 g/mol. The number of nitrogens with zero attached hydrogens (tertiary/aromatic N) is 1. The van der Waals surface area contributed by atoms with Crippen LogP contribution in [0, 0.1) is 0 Å². The maximum absolute atomic E-state index is 12.7. The summed E-state index contributed by atoms with van der Waals surface area (Å²) in [6, 6.07) is 13.8. The number of aromatic hydroxyl groups is 1. The number of para-hydroxylation sites is 1. The van der Waals surface area contributed by atoms with Gasteiger partial charge in [0.15, 0.2) is 16.4 Å². The first-order valence-electron chi connectivity index (χ1n) is 8.39. The van der Waals surface area contributed by atoms with Crippen molar-refractivity contribution in [2.75, 3.05) is 23.0 Å². The third-order valence-electron chi connectivity index (χ3n) is 4.29. The van der Waals surface area contributed by atoms with Crippen molar-refractivity contribution < 1.29 is 27.9 Å². The van der Waals surface area contributed by atoms with Gasteiger partial charge >= 0.3 is 5.97 Å². The molecule has 2 aromatic rings. The summed E-state index contributed by atoms with van der Waals surface area (Å²) < 4.78 is 28.7. The highest BCUT2D eigenvalue weighted by atomic mass is 32.2. The van der Waals surface area contributed by atoms with Crippen molar-refractivity contribution in [3.8, 4) is 5.75 Å². The summed E-state index contributed by atoms with van der Waals surface area (Å²) in [7, 11) is -3.19. The molecule has 1 saturated heterocycles. The molecule has 0 spiro atoms. The maximum atomic E-state index is 12.7. The molecule has 0 aromatic heterocycles. The number of carbonyl (C=O) groups excluding carboxylic acids is 2. The Kier molecular flexibility index (Phi) is 5.46. The van der Waals surface area contributed by atoms with Gasteiger partial charge in [0.25, 0.3) is 5.91 Å². The Balaban J connectivity index is 1.74. The largest absolute Gasteiger partial charge is 0.508 e. The molecule has 1 amide bonds. The number of ether oxygens (including phenoxy) is 1. The molecule has 1 heterocycles. The standard InChI is InChI=1S/C19H19NO6S/c21-17-8-4-5-14(11-17)19(23)26-12-18(22)20(15-6-2-1-3-7-15)16-9-10-27(24,25)13-16/h1-8,11,16,21H,9-10,12-13H2/t16-/m1/s1. The molecule has 1 aliphatic rings. The number of phenolic OH excluding ortho intramolecular Hbond substituents is 1. The van der Waals surface area contributed by atoms with Gasteiger partial charge in [-0.15, -0.1) is 0 Å². The first-order valence-corrected chi connectivity index (χ1v) is 10.2. The number of rotatable bonds is 5. The second-order valence-electron chi connectivity index (χ2n) is 6.28. The molecule has 2 aromatic carbocycles. The fourth-order valence-electron chi connectivity index (χ4n) is 3.04. The number of sulfone groups is 1. The van der Waals surface area contributed by atoms with Crippen LogP contribution in [-0.2, 0) is 19.4 Å². The SMILES string of the molecule is O=C(OCC(=O)N(c1ccccc1)[C@@H]1CCS(=O)(=O)C1)c1cccc(O)c1. The van der Waals surface area contributed by atoms with E-state index < -0.39 is 34.4 Å². The van der Waals surface area contributed by atoms with Crippen molar-refractivity contribution in [2.24, 2.45) is 0 Å². The van der Waals surface area contributed by atoms with Gasteiger partial charge < -0.3 is 14.7 Å². The summed E-state index contributed by atoms with van der Waals surface area (Å²) in [6.07, 6.45) is 0.337. The molecule has 1 N–H and O–H groups in total. The zero-order valence-electron chi connectivity index (χ0n) is 14.4. The molecule has 27 heavy (non-hydrogen) atoms. The number of amides is 1. The minimum absolute atomic E-state index is 0.0252. The van der Waals surface area contributed by atoms with Crippen LogP contribution in [0.1, 0.15) is 16.8 Å². The first-order chi connectivity index (χ1) is 12.9. The molecule has 8 heteroatoms. The molecule has 0 unspecified atom stereocenters. The van der Waals surface area contributed by atoms with E-state index in [1.165, 1.54) is 29.2 Å². The summed E-state index contributed by atoms with van der Waals surface area (Å²) in [5, 5.41) is 9.43. The highest BCUT2D eigenvalue weighted by Crippen LogP contribution is 2.24. The first kappa shape index (κ1) is 18.9. The summed E-state index contributed by atoms with van der Waals surface area (Å²) in [5.41, 5.74) is 0.676. The van der Waals surface area contributed by atoms with Crippen molar-refractivity contribution in [1.82, 2.24) is 0 Å². The van der Waals surface area contributed by atoms with Gasteiger partial charge in [0.2, 0.25) is 0 Å². The van der Waals surface area contributed by atoms with Crippen molar-refractivity contribution in [3.05, 3.63) is 60.2 Å². The Bertz CT molecular complexity index is 942. The normalized spacial score (nSPS) is 18.0. The molecule has 0 saturated carbocycles. The number of benzene rings is 2. The third-order valence-corrected chi connectivity index (χ3v) is 6.04. The van der Waals surface area contributed by atoms with Crippen LogP contribution in [0.25, 0.3) is 0 Å². The van der Waals surface area contributed by atoms with Crippen LogP contribution in [0.3, 0.4) is 0 Å². The molecular weight excluding hydrogens is 370 g/mol. The number of anilines is 1. The fraction of sp³-hybridized carbons (Fsp3) is 0.263. The van der Waals surface area contributed by atoms with Crippen molar-refractivity contribution in [3.63, 3.8) is 0 Å². The van der Waals surface area contributed by atoms with Crippen molar-refractivity contribution >= 4 is 27.4 Å². The summed E-state index contributed by atoms with van der Waals surface area (Å²) >= 11 is 0. The number of carbonyl (C=O) groups is 2. The molecule has 7 nitrogen and oxygen atoms in total. The van der Waals surface area contributed by atoms with Crippen molar-refractivity contribution in [1.29, 1.82) is 0 Å². The quantitative estimate of drug-likeness (QED) is 0.782. The Morgan fingerprint density at radius 1 is 1.11 bits per heavy atom. The van der Waals surface area contributed by atoms with E-state index >= 15 is 0 Å². The number of esters is 1. The van der Waals surface area contributed by atoms with Crippen LogP contribution >= 0.6 is 0 Å². The molecule has 1 atom stereocenters. The van der Waals surface area contributed by atoms with Crippen LogP contribution in [0.15, 0.2) is 54.6 Å². The van der Waals surface area contributed by atoms with Gasteiger partial charge in [0.1, 0.15) is 5.75 Å². The van der Waals surface area contributed by atoms with E-state index in [9.17, 15) is 23.1 Å². The second kappa shape index (κ2) is 7.79. The molecule has 1 aliphatic heterocycles. The third kappa shape index (κ3) is 4.65. The predicted molar refractivity (Wildman–Crippen MR) is 99.4 cm³/mol. The topological polar surface area (TPSA) is 101 Å². The van der Waals surface area contributed by atoms with E-state index in [0.717, 1.165) is 0 Å². The predicted octanol–water partition coefficient (Wildman–Crippen LogP) is 1.77. The lowest BCUT2D eigenvalue weighted by atomic mass is 10.2. The van der Waals surface area contributed by atoms with Gasteiger partial charge in [-0.05, 0) is 36.8 Å². The summed E-state index contributed by atoms with van der Waals surface area (Å²) in [6.45, 7) is -0.528. The Labute approximate surface area is 157 Å². The van der Waals surface area contributed by atoms with Gasteiger partial charge in [0, 0.05) is 5.69 Å². The molecule has 1 fully saturated rings. The zero-order chi connectivity index (χ0) is 19.4. The average molecular weight is 389 g/mol. The Hall–Kier alpha value is -2.87. The van der Waals surface area contributed by atoms with Gasteiger partial charge in [0.05, 0.1) is 23.1 Å². The average Bonchev–Trinajstić information content (AvgIpc) is 3.00. The van der Waals surface area contributed by atoms with Crippen LogP contribution in [0.4, 0.5) is 5.69 Å². The molecule has 0 aliphatic carbocycles. The molecule has 0 radical (unpaired) electrons. The van der Waals surface area contributed by atoms with Crippen LogP contribution in [0.5, 0.6) is 5.75 Å². The van der Waals surface area contributed by atoms with Gasteiger partial charge in [-0.3, -0.25) is 4.79 Å². The molecule has 3 rings (SSSR count). The highest BCUT2D eigenvalue weighted by Gasteiger charge is 2.35. The van der Waals surface area contributed by atoms with E-state index in [1.807, 2.05) is 0 Å². The molecule has 142 valence electrons. The highest BCUT2D eigenvalue weighted by molar-refractivity contribution is 7.91. The maximum Gasteiger partial charge on any atom is 0.338 e. The lowest BCUT2D eigenvalue weighted by molar-refractivity contribution is -0.122.